The van der Waals surface area contributed by atoms with E-state index in [1.165, 1.54) is 29.1 Å². The fraction of sp³-hybridized carbons (Fsp3) is 0.222. The first-order chi connectivity index (χ1) is 10.6. The van der Waals surface area contributed by atoms with Crippen LogP contribution >= 0.6 is 0 Å². The number of anilines is 1. The molecule has 2 aromatic heterocycles. The lowest BCUT2D eigenvalue weighted by Crippen LogP contribution is -3.00. The number of aromatic nitrogens is 2. The van der Waals surface area contributed by atoms with E-state index in [0.717, 1.165) is 18.7 Å². The molecule has 1 aromatic carbocycles. The number of para-hydroxylation sites is 1. The predicted octanol–water partition coefficient (Wildman–Crippen LogP) is -0.0311. The zero-order chi connectivity index (χ0) is 15.5. The van der Waals surface area contributed by atoms with E-state index >= 15 is 0 Å². The number of hydrogen-bond donors (Lipinski definition) is 2. The van der Waals surface area contributed by atoms with Gasteiger partial charge in [0, 0.05) is 42.1 Å². The monoisotopic (exact) mass is 373 g/mol. The van der Waals surface area contributed by atoms with Crippen LogP contribution in [-0.2, 0) is 17.8 Å². The maximum atomic E-state index is 11.0. The summed E-state index contributed by atoms with van der Waals surface area (Å²) < 4.78 is 2.13. The Bertz CT molecular complexity index is 809. The van der Waals surface area contributed by atoms with Gasteiger partial charge in [0.1, 0.15) is 0 Å². The van der Waals surface area contributed by atoms with Crippen molar-refractivity contribution in [2.75, 3.05) is 5.32 Å². The first-order valence-electron chi connectivity index (χ1n) is 7.46. The van der Waals surface area contributed by atoms with Gasteiger partial charge in [-0.15, -0.1) is 0 Å². The van der Waals surface area contributed by atoms with Crippen LogP contribution in [0.15, 0.2) is 48.8 Å². The number of carbonyl (C=O) groups excluding carboxylic acids is 1. The van der Waals surface area contributed by atoms with Crippen molar-refractivity contribution < 1.29 is 26.3 Å². The second-order valence-corrected chi connectivity index (χ2v) is 5.53. The van der Waals surface area contributed by atoms with Crippen molar-refractivity contribution >= 4 is 22.5 Å². The van der Waals surface area contributed by atoms with Crippen molar-refractivity contribution in [2.45, 2.75) is 26.8 Å². The van der Waals surface area contributed by atoms with Gasteiger partial charge in [-0.3, -0.25) is 4.79 Å². The van der Waals surface area contributed by atoms with Gasteiger partial charge in [0.15, 0.2) is 18.9 Å². The molecule has 0 unspecified atom stereocenters. The number of rotatable bonds is 4. The zero-order valence-corrected chi connectivity index (χ0v) is 14.9. The van der Waals surface area contributed by atoms with Gasteiger partial charge in [0.25, 0.3) is 0 Å². The van der Waals surface area contributed by atoms with Crippen molar-refractivity contribution in [3.05, 3.63) is 60.0 Å². The standard InChI is InChI=1S/C18H19N3O.BrH/c1-13-16(17-5-3-4-6-18(17)19-13)9-12-21-10-7-15(8-11-21)20-14(2)22;/h3-8,10-11,19H,9,12H2,1-2H3;1H. The highest BCUT2D eigenvalue weighted by atomic mass is 79.9. The summed E-state index contributed by atoms with van der Waals surface area (Å²) in [6.07, 6.45) is 4.96. The Morgan fingerprint density at radius 1 is 1.17 bits per heavy atom. The summed E-state index contributed by atoms with van der Waals surface area (Å²) in [4.78, 5) is 14.5. The minimum atomic E-state index is -0.0489. The minimum Gasteiger partial charge on any atom is -1.00 e. The normalized spacial score (nSPS) is 10.3. The summed E-state index contributed by atoms with van der Waals surface area (Å²) in [5, 5.41) is 4.08. The Kier molecular flexibility index (Phi) is 5.55. The first kappa shape index (κ1) is 17.2. The van der Waals surface area contributed by atoms with Crippen LogP contribution < -0.4 is 26.9 Å². The average molecular weight is 374 g/mol. The van der Waals surface area contributed by atoms with E-state index in [1.54, 1.807) is 0 Å². The summed E-state index contributed by atoms with van der Waals surface area (Å²) >= 11 is 0. The van der Waals surface area contributed by atoms with Crippen LogP contribution in [0.4, 0.5) is 5.69 Å². The summed E-state index contributed by atoms with van der Waals surface area (Å²) in [6.45, 7) is 4.55. The van der Waals surface area contributed by atoms with E-state index in [-0.39, 0.29) is 22.9 Å². The highest BCUT2D eigenvalue weighted by Crippen LogP contribution is 2.22. The fourth-order valence-electron chi connectivity index (χ4n) is 2.79. The molecule has 3 aromatic rings. The quantitative estimate of drug-likeness (QED) is 0.620. The van der Waals surface area contributed by atoms with Gasteiger partial charge in [-0.1, -0.05) is 18.2 Å². The number of nitrogens with zero attached hydrogens (tertiary/aromatic N) is 1. The molecule has 0 aliphatic rings. The van der Waals surface area contributed by atoms with Crippen molar-refractivity contribution in [3.63, 3.8) is 0 Å². The largest absolute Gasteiger partial charge is 1.00 e. The number of aromatic amines is 1. The number of H-pyrrole nitrogens is 1. The summed E-state index contributed by atoms with van der Waals surface area (Å²) in [5.41, 5.74) is 4.62. The highest BCUT2D eigenvalue weighted by Gasteiger charge is 2.10. The van der Waals surface area contributed by atoms with Crippen LogP contribution in [0.3, 0.4) is 0 Å². The third kappa shape index (κ3) is 3.99. The second-order valence-electron chi connectivity index (χ2n) is 5.53. The first-order valence-corrected chi connectivity index (χ1v) is 7.46. The number of carbonyl (C=O) groups is 1. The van der Waals surface area contributed by atoms with Crippen LogP contribution in [0.25, 0.3) is 10.9 Å². The maximum absolute atomic E-state index is 11.0. The lowest BCUT2D eigenvalue weighted by Gasteiger charge is -2.02. The van der Waals surface area contributed by atoms with E-state index in [9.17, 15) is 4.79 Å². The van der Waals surface area contributed by atoms with E-state index in [0.29, 0.717) is 0 Å². The molecular formula is C18H20BrN3O. The Hall–Kier alpha value is -2.14. The average Bonchev–Trinajstić information content (AvgIpc) is 2.81. The predicted molar refractivity (Wildman–Crippen MR) is 87.7 cm³/mol. The lowest BCUT2D eigenvalue weighted by atomic mass is 10.1. The molecule has 0 saturated carbocycles. The zero-order valence-electron chi connectivity index (χ0n) is 13.3. The van der Waals surface area contributed by atoms with Crippen molar-refractivity contribution in [1.29, 1.82) is 0 Å². The molecule has 0 atom stereocenters. The Balaban J connectivity index is 0.00000192. The van der Waals surface area contributed by atoms with Crippen LogP contribution in [0, 0.1) is 6.92 Å². The molecule has 120 valence electrons. The number of benzene rings is 1. The third-order valence-electron chi connectivity index (χ3n) is 3.86. The molecule has 0 aliphatic carbocycles. The van der Waals surface area contributed by atoms with Crippen LogP contribution in [-0.4, -0.2) is 10.9 Å². The molecule has 0 saturated heterocycles. The van der Waals surface area contributed by atoms with Gasteiger partial charge in [-0.2, -0.15) is 0 Å². The van der Waals surface area contributed by atoms with E-state index in [1.807, 2.05) is 24.5 Å². The number of hydrogen-bond acceptors (Lipinski definition) is 1. The Morgan fingerprint density at radius 3 is 2.57 bits per heavy atom. The topological polar surface area (TPSA) is 48.8 Å². The molecule has 0 bridgehead atoms. The number of aryl methyl sites for hydroxylation is 3. The van der Waals surface area contributed by atoms with E-state index in [4.69, 9.17) is 0 Å². The number of fused-ring (bicyclic) bond motifs is 1. The fourth-order valence-corrected chi connectivity index (χ4v) is 2.79. The second kappa shape index (κ2) is 7.42. The minimum absolute atomic E-state index is 0. The molecule has 23 heavy (non-hydrogen) atoms. The van der Waals surface area contributed by atoms with Crippen molar-refractivity contribution in [2.24, 2.45) is 0 Å². The molecule has 2 heterocycles. The number of nitrogens with one attached hydrogen (secondary N) is 2. The van der Waals surface area contributed by atoms with Gasteiger partial charge in [0.2, 0.25) is 5.91 Å². The summed E-state index contributed by atoms with van der Waals surface area (Å²) in [7, 11) is 0. The molecule has 1 amide bonds. The van der Waals surface area contributed by atoms with Gasteiger partial charge in [-0.05, 0) is 18.6 Å². The number of halogens is 1. The molecule has 0 fully saturated rings. The number of pyridine rings is 1. The summed E-state index contributed by atoms with van der Waals surface area (Å²) in [6, 6.07) is 12.2. The molecule has 3 rings (SSSR count). The molecule has 0 aliphatic heterocycles. The van der Waals surface area contributed by atoms with Crippen molar-refractivity contribution in [3.8, 4) is 0 Å². The molecule has 5 heteroatoms. The summed E-state index contributed by atoms with van der Waals surface area (Å²) in [5.74, 6) is -0.0489. The van der Waals surface area contributed by atoms with Crippen molar-refractivity contribution in [1.82, 2.24) is 4.98 Å². The number of amides is 1. The van der Waals surface area contributed by atoms with Crippen LogP contribution in [0.2, 0.25) is 0 Å². The highest BCUT2D eigenvalue weighted by molar-refractivity contribution is 5.88. The van der Waals surface area contributed by atoms with Gasteiger partial charge in [0.05, 0.1) is 5.69 Å². The molecule has 0 radical (unpaired) electrons. The van der Waals surface area contributed by atoms with E-state index < -0.39 is 0 Å². The Morgan fingerprint density at radius 2 is 1.87 bits per heavy atom. The molecular weight excluding hydrogens is 354 g/mol. The molecule has 2 N–H and O–H groups in total. The van der Waals surface area contributed by atoms with Gasteiger partial charge >= 0.3 is 0 Å². The van der Waals surface area contributed by atoms with Crippen LogP contribution in [0.1, 0.15) is 18.2 Å². The maximum Gasteiger partial charge on any atom is 0.221 e. The third-order valence-corrected chi connectivity index (χ3v) is 3.86. The smallest absolute Gasteiger partial charge is 0.221 e. The van der Waals surface area contributed by atoms with Gasteiger partial charge < -0.3 is 27.3 Å². The lowest BCUT2D eigenvalue weighted by molar-refractivity contribution is -0.696. The van der Waals surface area contributed by atoms with Crippen LogP contribution in [0.5, 0.6) is 0 Å². The molecule has 0 spiro atoms. The Labute approximate surface area is 146 Å². The van der Waals surface area contributed by atoms with Gasteiger partial charge in [-0.25, -0.2) is 4.57 Å². The molecule has 4 nitrogen and oxygen atoms in total. The van der Waals surface area contributed by atoms with E-state index in [2.05, 4.69) is 46.1 Å². The SMILES string of the molecule is CC(=O)Nc1cc[n+](CCc2c(C)[nH]c3ccccc23)cc1.[Br-].